The molecule has 2 aromatic rings. The van der Waals surface area contributed by atoms with E-state index in [1.165, 1.54) is 27.8 Å². The van der Waals surface area contributed by atoms with Gasteiger partial charge in [0.15, 0.2) is 0 Å². The molecule has 0 heterocycles. The van der Waals surface area contributed by atoms with E-state index in [9.17, 15) is 0 Å². The van der Waals surface area contributed by atoms with Crippen LogP contribution in [-0.2, 0) is 38.9 Å². The summed E-state index contributed by atoms with van der Waals surface area (Å²) in [5.74, 6) is 0.415. The number of benzene rings is 2. The smallest absolute Gasteiger partial charge is 0.0126 e. The maximum absolute atomic E-state index is 2.59. The molecule has 0 bridgehead atoms. The fourth-order valence-electron chi connectivity index (χ4n) is 6.07. The third-order valence-electron chi connectivity index (χ3n) is 8.31. The van der Waals surface area contributed by atoms with Crippen LogP contribution in [0.4, 0.5) is 0 Å². The van der Waals surface area contributed by atoms with Crippen molar-refractivity contribution in [1.29, 1.82) is 0 Å². The van der Waals surface area contributed by atoms with E-state index < -0.39 is 0 Å². The average molecular weight is 533 g/mol. The highest BCUT2D eigenvalue weighted by atomic mass is 14.4. The van der Waals surface area contributed by atoms with Gasteiger partial charge < -0.3 is 0 Å². The van der Waals surface area contributed by atoms with Crippen molar-refractivity contribution in [2.45, 2.75) is 176 Å². The van der Waals surface area contributed by atoms with E-state index >= 15 is 0 Å². The number of hydrogen-bond acceptors (Lipinski definition) is 0. The minimum Gasteiger partial charge on any atom is -0.0581 e. The molecule has 0 radical (unpaired) electrons. The fourth-order valence-corrected chi connectivity index (χ4v) is 6.07. The van der Waals surface area contributed by atoms with Crippen molar-refractivity contribution < 1.29 is 0 Å². The normalized spacial score (nSPS) is 15.1. The van der Waals surface area contributed by atoms with Gasteiger partial charge in [-0.2, -0.15) is 0 Å². The monoisotopic (exact) mass is 533 g/mol. The molecule has 0 saturated carbocycles. The summed E-state index contributed by atoms with van der Waals surface area (Å²) < 4.78 is 0. The van der Waals surface area contributed by atoms with Crippen molar-refractivity contribution >= 4 is 0 Å². The molecular formula is C39H64. The zero-order valence-corrected chi connectivity index (χ0v) is 29.6. The second kappa shape index (κ2) is 10.4. The summed E-state index contributed by atoms with van der Waals surface area (Å²) in [5.41, 5.74) is 12.6. The first kappa shape index (κ1) is 33.6. The molecule has 0 fully saturated rings. The van der Waals surface area contributed by atoms with Crippen LogP contribution in [0.15, 0.2) is 24.3 Å². The topological polar surface area (TPSA) is 0 Å². The van der Waals surface area contributed by atoms with Gasteiger partial charge in [0.25, 0.3) is 0 Å². The van der Waals surface area contributed by atoms with Crippen LogP contribution in [0.25, 0.3) is 0 Å². The zero-order chi connectivity index (χ0) is 30.7. The zero-order valence-electron chi connectivity index (χ0n) is 29.6. The lowest BCUT2D eigenvalue weighted by atomic mass is 9.63. The molecule has 0 heteroatoms. The Morgan fingerprint density at radius 3 is 1.03 bits per heavy atom. The third-order valence-corrected chi connectivity index (χ3v) is 8.31. The van der Waals surface area contributed by atoms with Gasteiger partial charge in [-0.15, -0.1) is 0 Å². The molecule has 2 aromatic carbocycles. The van der Waals surface area contributed by atoms with Crippen LogP contribution < -0.4 is 0 Å². The number of hydrogen-bond donors (Lipinski definition) is 0. The van der Waals surface area contributed by atoms with Gasteiger partial charge in [-0.25, -0.2) is 0 Å². The van der Waals surface area contributed by atoms with Crippen LogP contribution in [0, 0.1) is 0 Å². The third kappa shape index (κ3) is 7.80. The van der Waals surface area contributed by atoms with E-state index in [-0.39, 0.29) is 32.5 Å². The predicted octanol–water partition coefficient (Wildman–Crippen LogP) is 11.8. The SMILES string of the molecule is CC(Cc1c(C(C)(C)C)c(C(C)(C)C)cc(C(C)(C)C)c1C(C)(C)C)c1cc(C(C)(C)C)cc(C(C)(C)C)c1. The lowest BCUT2D eigenvalue weighted by Crippen LogP contribution is -2.32. The van der Waals surface area contributed by atoms with Crippen LogP contribution in [0.5, 0.6) is 0 Å². The highest BCUT2D eigenvalue weighted by molar-refractivity contribution is 5.56. The molecule has 0 spiro atoms. The van der Waals surface area contributed by atoms with E-state index in [0.29, 0.717) is 5.92 Å². The largest absolute Gasteiger partial charge is 0.0581 e. The van der Waals surface area contributed by atoms with Gasteiger partial charge in [-0.3, -0.25) is 0 Å². The molecule has 0 amide bonds. The molecular weight excluding hydrogens is 468 g/mol. The Balaban J connectivity index is 3.03. The van der Waals surface area contributed by atoms with E-state index in [1.807, 2.05) is 0 Å². The Morgan fingerprint density at radius 1 is 0.436 bits per heavy atom. The van der Waals surface area contributed by atoms with Crippen LogP contribution in [0.2, 0.25) is 0 Å². The second-order valence-corrected chi connectivity index (χ2v) is 18.6. The quantitative estimate of drug-likeness (QED) is 0.369. The molecule has 0 saturated heterocycles. The highest BCUT2D eigenvalue weighted by Crippen LogP contribution is 2.47. The molecule has 0 aromatic heterocycles. The average Bonchev–Trinajstić information content (AvgIpc) is 2.68. The summed E-state index contributed by atoms with van der Waals surface area (Å²) in [6.07, 6.45) is 1.06. The molecule has 0 aliphatic heterocycles. The van der Waals surface area contributed by atoms with Crippen molar-refractivity contribution in [1.82, 2.24) is 0 Å². The van der Waals surface area contributed by atoms with Crippen LogP contribution >= 0.6 is 0 Å². The van der Waals surface area contributed by atoms with Gasteiger partial charge in [-0.1, -0.05) is 156 Å². The van der Waals surface area contributed by atoms with E-state index in [0.717, 1.165) is 6.42 Å². The molecule has 0 aliphatic carbocycles. The molecule has 39 heavy (non-hydrogen) atoms. The van der Waals surface area contributed by atoms with Gasteiger partial charge in [0, 0.05) is 0 Å². The van der Waals surface area contributed by atoms with E-state index in [2.05, 4.69) is 156 Å². The van der Waals surface area contributed by atoms with E-state index in [4.69, 9.17) is 0 Å². The van der Waals surface area contributed by atoms with Crippen molar-refractivity contribution in [3.63, 3.8) is 0 Å². The maximum Gasteiger partial charge on any atom is -0.0126 e. The Bertz CT molecular complexity index is 1080. The van der Waals surface area contributed by atoms with Crippen molar-refractivity contribution in [2.24, 2.45) is 0 Å². The summed E-state index contributed by atoms with van der Waals surface area (Å²) in [7, 11) is 0. The summed E-state index contributed by atoms with van der Waals surface area (Å²) >= 11 is 0. The highest BCUT2D eigenvalue weighted by Gasteiger charge is 2.37. The molecule has 1 unspecified atom stereocenters. The molecule has 0 N–H and O–H groups in total. The lowest BCUT2D eigenvalue weighted by Gasteiger charge is -2.41. The molecule has 0 nitrogen and oxygen atoms in total. The predicted molar refractivity (Wildman–Crippen MR) is 177 cm³/mol. The van der Waals surface area contributed by atoms with E-state index in [1.54, 1.807) is 16.7 Å². The molecule has 0 aliphatic rings. The van der Waals surface area contributed by atoms with Crippen molar-refractivity contribution in [3.05, 3.63) is 68.8 Å². The van der Waals surface area contributed by atoms with Crippen LogP contribution in [-0.4, -0.2) is 0 Å². The maximum atomic E-state index is 2.59. The molecule has 2 rings (SSSR count). The fraction of sp³-hybridized carbons (Fsp3) is 0.692. The standard InChI is InChI=1S/C39H64/c1-25(26-21-27(34(2,3)4)23-28(22-26)35(5,6)7)20-29-32(38(14,15)16)30(36(8,9)10)24-31(37(11,12)13)33(29)39(17,18)19/h21-25H,20H2,1-19H3. The first-order valence-electron chi connectivity index (χ1n) is 15.4. The summed E-state index contributed by atoms with van der Waals surface area (Å²) in [6, 6.07) is 10.1. The van der Waals surface area contributed by atoms with Gasteiger partial charge in [0.1, 0.15) is 0 Å². The Hall–Kier alpha value is -1.56. The minimum absolute atomic E-state index is 0.0535. The van der Waals surface area contributed by atoms with Crippen LogP contribution in [0.1, 0.15) is 182 Å². The van der Waals surface area contributed by atoms with Gasteiger partial charge >= 0.3 is 0 Å². The summed E-state index contributed by atoms with van der Waals surface area (Å²) in [6.45, 7) is 45.5. The van der Waals surface area contributed by atoms with Gasteiger partial charge in [0.05, 0.1) is 0 Å². The first-order chi connectivity index (χ1) is 17.1. The van der Waals surface area contributed by atoms with Crippen molar-refractivity contribution in [2.75, 3.05) is 0 Å². The van der Waals surface area contributed by atoms with Crippen molar-refractivity contribution in [3.8, 4) is 0 Å². The van der Waals surface area contributed by atoms with Crippen LogP contribution in [0.3, 0.4) is 0 Å². The second-order valence-electron chi connectivity index (χ2n) is 18.6. The summed E-state index contributed by atoms with van der Waals surface area (Å²) in [5, 5.41) is 0. The lowest BCUT2D eigenvalue weighted by molar-refractivity contribution is 0.488. The number of rotatable bonds is 3. The molecule has 1 atom stereocenters. The Labute approximate surface area is 244 Å². The summed E-state index contributed by atoms with van der Waals surface area (Å²) in [4.78, 5) is 0. The van der Waals surface area contributed by atoms with Gasteiger partial charge in [-0.05, 0) is 89.3 Å². The first-order valence-corrected chi connectivity index (χ1v) is 15.4. The minimum atomic E-state index is 0.0535. The Morgan fingerprint density at radius 2 is 0.769 bits per heavy atom. The Kier molecular flexibility index (Phi) is 8.94. The molecule has 220 valence electrons. The van der Waals surface area contributed by atoms with Gasteiger partial charge in [0.2, 0.25) is 0 Å².